The molecule has 0 aromatic rings. The van der Waals surface area contributed by atoms with Crippen LogP contribution in [0.5, 0.6) is 0 Å². The molecule has 1 N–H and O–H groups in total. The van der Waals surface area contributed by atoms with Crippen LogP contribution in [0.3, 0.4) is 0 Å². The third-order valence-corrected chi connectivity index (χ3v) is 6.45. The molecule has 0 heterocycles. The molecule has 0 aliphatic heterocycles. The van der Waals surface area contributed by atoms with Gasteiger partial charge in [0.15, 0.2) is 0 Å². The van der Waals surface area contributed by atoms with Crippen LogP contribution >= 0.6 is 0 Å². The van der Waals surface area contributed by atoms with Gasteiger partial charge in [-0.15, -0.1) is 0 Å². The van der Waals surface area contributed by atoms with Crippen molar-refractivity contribution in [2.75, 3.05) is 0 Å². The van der Waals surface area contributed by atoms with Gasteiger partial charge in [0.1, 0.15) is 12.6 Å². The van der Waals surface area contributed by atoms with E-state index in [1.54, 1.807) is 6.08 Å². The molecule has 1 saturated carbocycles. The van der Waals surface area contributed by atoms with Gasteiger partial charge in [0.2, 0.25) is 0 Å². The molecule has 0 saturated heterocycles. The van der Waals surface area contributed by atoms with Crippen molar-refractivity contribution in [1.82, 2.24) is 0 Å². The summed E-state index contributed by atoms with van der Waals surface area (Å²) in [5.41, 5.74) is 0.559. The number of hydrogen-bond donors (Lipinski definition) is 1. The maximum absolute atomic E-state index is 12.3. The van der Waals surface area contributed by atoms with Crippen LogP contribution in [0.4, 0.5) is 0 Å². The monoisotopic (exact) mass is 318 g/mol. The number of aldehydes is 2. The lowest BCUT2D eigenvalue weighted by atomic mass is 9.53. The SMILES string of the molecule is CC(C)=CCC[C@@H](C)[C@@H]1CC[C@@]2(C)[C@@H](O)CC=C(C=O)[C@@]12C=O. The number of carbonyl (C=O) groups excluding carboxylic acids is 2. The van der Waals surface area contributed by atoms with Gasteiger partial charge in [-0.25, -0.2) is 0 Å². The van der Waals surface area contributed by atoms with E-state index in [4.69, 9.17) is 0 Å². The van der Waals surface area contributed by atoms with E-state index in [2.05, 4.69) is 26.8 Å². The lowest BCUT2D eigenvalue weighted by Crippen LogP contribution is -2.53. The summed E-state index contributed by atoms with van der Waals surface area (Å²) in [5, 5.41) is 10.6. The van der Waals surface area contributed by atoms with E-state index in [9.17, 15) is 14.7 Å². The fourth-order valence-electron chi connectivity index (χ4n) is 4.97. The van der Waals surface area contributed by atoms with E-state index in [0.717, 1.165) is 38.3 Å². The van der Waals surface area contributed by atoms with E-state index >= 15 is 0 Å². The minimum absolute atomic E-state index is 0.127. The van der Waals surface area contributed by atoms with Crippen LogP contribution in [-0.4, -0.2) is 23.8 Å². The third-order valence-electron chi connectivity index (χ3n) is 6.45. The molecule has 0 radical (unpaired) electrons. The smallest absolute Gasteiger partial charge is 0.146 e. The van der Waals surface area contributed by atoms with Crippen molar-refractivity contribution >= 4 is 12.6 Å². The Kier molecular flexibility index (Phi) is 5.30. The van der Waals surface area contributed by atoms with Gasteiger partial charge in [-0.2, -0.15) is 0 Å². The molecule has 3 heteroatoms. The maximum atomic E-state index is 12.3. The number of fused-ring (bicyclic) bond motifs is 1. The summed E-state index contributed by atoms with van der Waals surface area (Å²) >= 11 is 0. The van der Waals surface area contributed by atoms with Crippen molar-refractivity contribution in [1.29, 1.82) is 0 Å². The largest absolute Gasteiger partial charge is 0.392 e. The topological polar surface area (TPSA) is 54.4 Å². The summed E-state index contributed by atoms with van der Waals surface area (Å²) in [6.45, 7) is 8.36. The van der Waals surface area contributed by atoms with Gasteiger partial charge in [-0.05, 0) is 57.8 Å². The molecular weight excluding hydrogens is 288 g/mol. The molecule has 0 amide bonds. The standard InChI is InChI=1S/C20H30O3/c1-14(2)6-5-7-15(3)17-10-11-19(4)18(23)9-8-16(12-21)20(17,19)13-22/h6,8,12-13,15,17-18,23H,5,7,9-11H2,1-4H3/t15-,17+,18+,19+,20+/m1/s1. The Morgan fingerprint density at radius 3 is 2.70 bits per heavy atom. The third kappa shape index (κ3) is 2.73. The zero-order chi connectivity index (χ0) is 17.3. The molecule has 2 aliphatic rings. The Bertz CT molecular complexity index is 529. The second kappa shape index (κ2) is 6.72. The summed E-state index contributed by atoms with van der Waals surface area (Å²) in [5.74, 6) is 0.466. The number of allylic oxidation sites excluding steroid dienone is 3. The van der Waals surface area contributed by atoms with E-state index in [-0.39, 0.29) is 5.92 Å². The quantitative estimate of drug-likeness (QED) is 0.597. The minimum atomic E-state index is -0.823. The Morgan fingerprint density at radius 1 is 1.43 bits per heavy atom. The molecule has 5 atom stereocenters. The van der Waals surface area contributed by atoms with Crippen LogP contribution < -0.4 is 0 Å². The van der Waals surface area contributed by atoms with Gasteiger partial charge >= 0.3 is 0 Å². The predicted molar refractivity (Wildman–Crippen MR) is 91.9 cm³/mol. The highest BCUT2D eigenvalue weighted by atomic mass is 16.3. The van der Waals surface area contributed by atoms with Gasteiger partial charge in [0.05, 0.1) is 11.5 Å². The summed E-state index contributed by atoms with van der Waals surface area (Å²) in [7, 11) is 0. The van der Waals surface area contributed by atoms with Crippen molar-refractivity contribution < 1.29 is 14.7 Å². The number of hydrogen-bond acceptors (Lipinski definition) is 3. The first-order chi connectivity index (χ1) is 10.8. The highest BCUT2D eigenvalue weighted by Gasteiger charge is 2.64. The zero-order valence-electron chi connectivity index (χ0n) is 14.8. The molecule has 0 bridgehead atoms. The molecule has 0 aromatic heterocycles. The second-order valence-electron chi connectivity index (χ2n) is 7.91. The van der Waals surface area contributed by atoms with Crippen LogP contribution in [0, 0.1) is 22.7 Å². The van der Waals surface area contributed by atoms with Gasteiger partial charge in [0, 0.05) is 11.0 Å². The van der Waals surface area contributed by atoms with Gasteiger partial charge in [-0.1, -0.05) is 31.6 Å². The van der Waals surface area contributed by atoms with Gasteiger partial charge < -0.3 is 9.90 Å². The van der Waals surface area contributed by atoms with Crippen LogP contribution in [0.25, 0.3) is 0 Å². The molecular formula is C20H30O3. The molecule has 23 heavy (non-hydrogen) atoms. The van der Waals surface area contributed by atoms with Crippen molar-refractivity contribution in [3.05, 3.63) is 23.3 Å². The second-order valence-corrected chi connectivity index (χ2v) is 7.91. The van der Waals surface area contributed by atoms with E-state index in [1.807, 2.05) is 6.92 Å². The summed E-state index contributed by atoms with van der Waals surface area (Å²) < 4.78 is 0. The molecule has 3 nitrogen and oxygen atoms in total. The first-order valence-electron chi connectivity index (χ1n) is 8.77. The molecule has 2 rings (SSSR count). The molecule has 1 fully saturated rings. The number of aliphatic hydroxyl groups excluding tert-OH is 1. The van der Waals surface area contributed by atoms with Crippen LogP contribution in [-0.2, 0) is 9.59 Å². The summed E-state index contributed by atoms with van der Waals surface area (Å²) in [6, 6.07) is 0. The predicted octanol–water partition coefficient (Wildman–Crippen LogP) is 3.86. The Morgan fingerprint density at radius 2 is 2.13 bits per heavy atom. The van der Waals surface area contributed by atoms with Crippen molar-refractivity contribution in [2.24, 2.45) is 22.7 Å². The first kappa shape index (κ1) is 18.1. The van der Waals surface area contributed by atoms with Gasteiger partial charge in [-0.3, -0.25) is 4.79 Å². The Hall–Kier alpha value is -1.22. The van der Waals surface area contributed by atoms with Crippen LogP contribution in [0.2, 0.25) is 0 Å². The average molecular weight is 318 g/mol. The molecule has 0 spiro atoms. The summed E-state index contributed by atoms with van der Waals surface area (Å²) in [4.78, 5) is 23.9. The first-order valence-corrected chi connectivity index (χ1v) is 8.77. The van der Waals surface area contributed by atoms with Crippen molar-refractivity contribution in [3.63, 3.8) is 0 Å². The highest BCUT2D eigenvalue weighted by Crippen LogP contribution is 2.64. The van der Waals surface area contributed by atoms with Crippen molar-refractivity contribution in [2.45, 2.75) is 65.9 Å². The lowest BCUT2D eigenvalue weighted by molar-refractivity contribution is -0.133. The average Bonchev–Trinajstić information content (AvgIpc) is 2.83. The minimum Gasteiger partial charge on any atom is -0.392 e. The Labute approximate surface area is 139 Å². The molecule has 0 unspecified atom stereocenters. The lowest BCUT2D eigenvalue weighted by Gasteiger charge is -2.50. The molecule has 2 aliphatic carbocycles. The number of carbonyl (C=O) groups is 2. The molecule has 0 aromatic carbocycles. The number of aliphatic hydroxyl groups is 1. The Balaban J connectivity index is 2.36. The fraction of sp³-hybridized carbons (Fsp3) is 0.700. The van der Waals surface area contributed by atoms with Crippen LogP contribution in [0.15, 0.2) is 23.3 Å². The van der Waals surface area contributed by atoms with Crippen molar-refractivity contribution in [3.8, 4) is 0 Å². The fourth-order valence-corrected chi connectivity index (χ4v) is 4.97. The normalized spacial score (nSPS) is 37.5. The highest BCUT2D eigenvalue weighted by molar-refractivity contribution is 5.86. The summed E-state index contributed by atoms with van der Waals surface area (Å²) in [6.07, 6.45) is 9.45. The number of rotatable bonds is 6. The van der Waals surface area contributed by atoms with E-state index in [1.165, 1.54) is 5.57 Å². The van der Waals surface area contributed by atoms with E-state index in [0.29, 0.717) is 17.9 Å². The molecule has 128 valence electrons. The van der Waals surface area contributed by atoms with E-state index < -0.39 is 16.9 Å². The maximum Gasteiger partial charge on any atom is 0.146 e. The van der Waals surface area contributed by atoms with Gasteiger partial charge in [0.25, 0.3) is 0 Å². The zero-order valence-corrected chi connectivity index (χ0v) is 14.8. The van der Waals surface area contributed by atoms with Crippen LogP contribution in [0.1, 0.15) is 59.8 Å².